The molecular weight excluding hydrogens is 308 g/mol. The first-order valence-corrected chi connectivity index (χ1v) is 7.46. The second kappa shape index (κ2) is 6.40. The van der Waals surface area contributed by atoms with Gasteiger partial charge in [0.15, 0.2) is 0 Å². The molecule has 0 amide bonds. The third kappa shape index (κ3) is 3.37. The minimum Gasteiger partial charge on any atom is -0.0840 e. The van der Waals surface area contributed by atoms with Crippen LogP contribution >= 0.6 is 27.5 Å². The molecule has 0 heterocycles. The van der Waals surface area contributed by atoms with E-state index in [1.807, 2.05) is 18.2 Å². The van der Waals surface area contributed by atoms with Crippen molar-refractivity contribution in [1.82, 2.24) is 0 Å². The van der Waals surface area contributed by atoms with E-state index in [9.17, 15) is 0 Å². The van der Waals surface area contributed by atoms with E-state index in [4.69, 9.17) is 11.6 Å². The highest BCUT2D eigenvalue weighted by atomic mass is 79.9. The van der Waals surface area contributed by atoms with Gasteiger partial charge in [0.1, 0.15) is 0 Å². The van der Waals surface area contributed by atoms with E-state index in [0.29, 0.717) is 4.83 Å². The summed E-state index contributed by atoms with van der Waals surface area (Å²) in [4.78, 5) is 0.309. The van der Waals surface area contributed by atoms with Gasteiger partial charge < -0.3 is 0 Å². The Morgan fingerprint density at radius 1 is 1.06 bits per heavy atom. The number of hydrogen-bond donors (Lipinski definition) is 0. The molecule has 2 rings (SSSR count). The first-order valence-electron chi connectivity index (χ1n) is 6.17. The molecule has 94 valence electrons. The Labute approximate surface area is 122 Å². The van der Waals surface area contributed by atoms with Crippen molar-refractivity contribution in [3.05, 3.63) is 70.2 Å². The molecule has 2 aromatic carbocycles. The van der Waals surface area contributed by atoms with E-state index in [1.165, 1.54) is 16.7 Å². The summed E-state index contributed by atoms with van der Waals surface area (Å²) in [5, 5.41) is 0.840. The zero-order valence-corrected chi connectivity index (χ0v) is 12.7. The molecule has 0 nitrogen and oxygen atoms in total. The smallest absolute Gasteiger partial charge is 0.0438 e. The second-order valence-corrected chi connectivity index (χ2v) is 5.87. The first-order chi connectivity index (χ1) is 8.70. The molecule has 0 radical (unpaired) electrons. The number of hydrogen-bond acceptors (Lipinski definition) is 0. The molecule has 0 aromatic heterocycles. The van der Waals surface area contributed by atoms with Gasteiger partial charge in [-0.25, -0.2) is 0 Å². The molecule has 0 spiro atoms. The highest BCUT2D eigenvalue weighted by Gasteiger charge is 2.10. The average Bonchev–Trinajstić information content (AvgIpc) is 2.41. The molecule has 18 heavy (non-hydrogen) atoms. The van der Waals surface area contributed by atoms with E-state index >= 15 is 0 Å². The molecule has 0 saturated heterocycles. The molecule has 2 heteroatoms. The van der Waals surface area contributed by atoms with Crippen molar-refractivity contribution in [1.29, 1.82) is 0 Å². The van der Waals surface area contributed by atoms with E-state index in [2.05, 4.69) is 53.2 Å². The summed E-state index contributed by atoms with van der Waals surface area (Å²) in [6.07, 6.45) is 1.99. The maximum absolute atomic E-state index is 6.18. The Morgan fingerprint density at radius 3 is 2.33 bits per heavy atom. The maximum Gasteiger partial charge on any atom is 0.0438 e. The van der Waals surface area contributed by atoms with Gasteiger partial charge in [0, 0.05) is 9.85 Å². The number of rotatable bonds is 4. The van der Waals surface area contributed by atoms with Crippen molar-refractivity contribution < 1.29 is 0 Å². The molecule has 0 aliphatic heterocycles. The number of benzene rings is 2. The third-order valence-corrected chi connectivity index (χ3v) is 4.33. The van der Waals surface area contributed by atoms with Gasteiger partial charge in [-0.2, -0.15) is 0 Å². The lowest BCUT2D eigenvalue weighted by Gasteiger charge is -2.12. The van der Waals surface area contributed by atoms with Gasteiger partial charge in [-0.1, -0.05) is 76.9 Å². The Morgan fingerprint density at radius 2 is 1.72 bits per heavy atom. The van der Waals surface area contributed by atoms with Gasteiger partial charge in [0.25, 0.3) is 0 Å². The summed E-state index contributed by atoms with van der Waals surface area (Å²) >= 11 is 9.93. The van der Waals surface area contributed by atoms with Crippen LogP contribution in [0.2, 0.25) is 5.02 Å². The fourth-order valence-corrected chi connectivity index (χ4v) is 2.80. The van der Waals surface area contributed by atoms with Crippen LogP contribution in [-0.2, 0) is 12.8 Å². The summed E-state index contributed by atoms with van der Waals surface area (Å²) < 4.78 is 0. The first kappa shape index (κ1) is 13.6. The number of alkyl halides is 1. The van der Waals surface area contributed by atoms with Gasteiger partial charge in [0.2, 0.25) is 0 Å². The lowest BCUT2D eigenvalue weighted by molar-refractivity contribution is 0.946. The molecule has 2 aromatic rings. The zero-order valence-electron chi connectivity index (χ0n) is 10.4. The van der Waals surface area contributed by atoms with Crippen LogP contribution in [0.4, 0.5) is 0 Å². The van der Waals surface area contributed by atoms with Crippen LogP contribution in [-0.4, -0.2) is 0 Å². The molecule has 1 unspecified atom stereocenters. The number of halogens is 2. The lowest BCUT2D eigenvalue weighted by atomic mass is 10.0. The third-order valence-electron chi connectivity index (χ3n) is 3.11. The molecule has 0 bridgehead atoms. The van der Waals surface area contributed by atoms with Crippen molar-refractivity contribution >= 4 is 27.5 Å². The normalized spacial score (nSPS) is 12.4. The van der Waals surface area contributed by atoms with Crippen molar-refractivity contribution in [3.63, 3.8) is 0 Å². The summed E-state index contributed by atoms with van der Waals surface area (Å²) in [6.45, 7) is 2.17. The standard InChI is InChI=1S/C16H16BrCl/c1-2-12-7-9-13(10-8-12)15(17)11-14-5-3-4-6-16(14)18/h3-10,15H,2,11H2,1H3. The van der Waals surface area contributed by atoms with Gasteiger partial charge >= 0.3 is 0 Å². The molecule has 0 N–H and O–H groups in total. The van der Waals surface area contributed by atoms with Gasteiger partial charge in [-0.05, 0) is 35.6 Å². The quantitative estimate of drug-likeness (QED) is 0.644. The van der Waals surface area contributed by atoms with Gasteiger partial charge in [-0.3, -0.25) is 0 Å². The lowest BCUT2D eigenvalue weighted by Crippen LogP contribution is -1.96. The van der Waals surface area contributed by atoms with E-state index < -0.39 is 0 Å². The molecule has 0 aliphatic rings. The molecule has 1 atom stereocenters. The van der Waals surface area contributed by atoms with Crippen LogP contribution in [0.5, 0.6) is 0 Å². The highest BCUT2D eigenvalue weighted by molar-refractivity contribution is 9.09. The summed E-state index contributed by atoms with van der Waals surface area (Å²) in [5.41, 5.74) is 3.85. The average molecular weight is 324 g/mol. The van der Waals surface area contributed by atoms with Crippen LogP contribution in [0.25, 0.3) is 0 Å². The predicted octanol–water partition coefficient (Wildman–Crippen LogP) is 5.58. The minimum absolute atomic E-state index is 0.309. The minimum atomic E-state index is 0.309. The van der Waals surface area contributed by atoms with Crippen LogP contribution in [0.3, 0.4) is 0 Å². The van der Waals surface area contributed by atoms with Crippen molar-refractivity contribution in [3.8, 4) is 0 Å². The predicted molar refractivity (Wildman–Crippen MR) is 82.6 cm³/mol. The fourth-order valence-electron chi connectivity index (χ4n) is 1.94. The largest absolute Gasteiger partial charge is 0.0840 e. The van der Waals surface area contributed by atoms with E-state index in [-0.39, 0.29) is 0 Å². The molecular formula is C16H16BrCl. The summed E-state index contributed by atoms with van der Waals surface area (Å²) in [5.74, 6) is 0. The topological polar surface area (TPSA) is 0 Å². The molecule has 0 fully saturated rings. The van der Waals surface area contributed by atoms with Crippen molar-refractivity contribution in [2.24, 2.45) is 0 Å². The molecule has 0 aliphatic carbocycles. The van der Waals surface area contributed by atoms with Gasteiger partial charge in [0.05, 0.1) is 0 Å². The van der Waals surface area contributed by atoms with Crippen LogP contribution < -0.4 is 0 Å². The van der Waals surface area contributed by atoms with E-state index in [1.54, 1.807) is 0 Å². The van der Waals surface area contributed by atoms with Crippen LogP contribution in [0.1, 0.15) is 28.4 Å². The van der Waals surface area contributed by atoms with Crippen LogP contribution in [0, 0.1) is 0 Å². The summed E-state index contributed by atoms with van der Waals surface area (Å²) in [7, 11) is 0. The Balaban J connectivity index is 2.11. The summed E-state index contributed by atoms with van der Waals surface area (Å²) in [6, 6.07) is 16.8. The SMILES string of the molecule is CCc1ccc(C(Br)Cc2ccccc2Cl)cc1. The Kier molecular flexibility index (Phi) is 4.85. The monoisotopic (exact) mass is 322 g/mol. The van der Waals surface area contributed by atoms with Gasteiger partial charge in [-0.15, -0.1) is 0 Å². The zero-order chi connectivity index (χ0) is 13.0. The fraction of sp³-hybridized carbons (Fsp3) is 0.250. The van der Waals surface area contributed by atoms with Crippen molar-refractivity contribution in [2.75, 3.05) is 0 Å². The number of aryl methyl sites for hydroxylation is 1. The highest BCUT2D eigenvalue weighted by Crippen LogP contribution is 2.29. The Hall–Kier alpha value is -0.790. The van der Waals surface area contributed by atoms with Crippen LogP contribution in [0.15, 0.2) is 48.5 Å². The maximum atomic E-state index is 6.18. The Bertz CT molecular complexity index is 505. The molecule has 0 saturated carbocycles. The van der Waals surface area contributed by atoms with Crippen molar-refractivity contribution in [2.45, 2.75) is 24.6 Å². The second-order valence-electron chi connectivity index (χ2n) is 4.36. The van der Waals surface area contributed by atoms with E-state index in [0.717, 1.165) is 17.9 Å².